The lowest BCUT2D eigenvalue weighted by Gasteiger charge is -2.08. The predicted octanol–water partition coefficient (Wildman–Crippen LogP) is 12.5. The zero-order chi connectivity index (χ0) is 27.1. The van der Waals surface area contributed by atoms with Gasteiger partial charge >= 0.3 is 0 Å². The molecule has 0 aliphatic heterocycles. The summed E-state index contributed by atoms with van der Waals surface area (Å²) in [5.74, 6) is 0. The normalized spacial score (nSPS) is 12.8. The largest absolute Gasteiger partial charge is 0.453 e. The summed E-state index contributed by atoms with van der Waals surface area (Å²) in [5.41, 5.74) is 9.42. The number of benzene rings is 4. The van der Waals surface area contributed by atoms with Crippen LogP contribution >= 0.6 is 45.3 Å². The number of fused-ring (bicyclic) bond motifs is 14. The van der Waals surface area contributed by atoms with Gasteiger partial charge in [-0.05, 0) is 68.3 Å². The molecule has 0 bridgehead atoms. The van der Waals surface area contributed by atoms with Crippen LogP contribution in [0.25, 0.3) is 87.0 Å². The Labute approximate surface area is 250 Å². The number of hydrogen-bond acceptors (Lipinski definition) is 5. The number of hydrogen-bond donors (Lipinski definition) is 0. The summed E-state index contributed by atoms with van der Waals surface area (Å²) in [6.07, 6.45) is 0. The molecule has 6 aromatic heterocycles. The van der Waals surface area contributed by atoms with Gasteiger partial charge in [0.2, 0.25) is 0 Å². The summed E-state index contributed by atoms with van der Waals surface area (Å²) >= 11 is 7.69. The van der Waals surface area contributed by atoms with E-state index in [9.17, 15) is 0 Å². The third-order valence-electron chi connectivity index (χ3n) is 8.41. The van der Waals surface area contributed by atoms with E-state index in [-0.39, 0.29) is 0 Å². The topological polar surface area (TPSA) is 18.1 Å². The molecule has 0 saturated carbocycles. The van der Waals surface area contributed by atoms with Crippen molar-refractivity contribution in [2.75, 3.05) is 0 Å². The molecule has 0 unspecified atom stereocenters. The van der Waals surface area contributed by atoms with E-state index < -0.39 is 0 Å². The summed E-state index contributed by atoms with van der Waals surface area (Å²) < 4.78 is 20.2. The molecule has 41 heavy (non-hydrogen) atoms. The van der Waals surface area contributed by atoms with E-state index in [0.717, 1.165) is 11.2 Å². The maximum Gasteiger partial charge on any atom is 0.170 e. The summed E-state index contributed by atoms with van der Waals surface area (Å²) in [6.45, 7) is 6.49. The van der Waals surface area contributed by atoms with E-state index in [1.54, 1.807) is 0 Å². The number of nitrogens with zero attached hydrogens (tertiary/aromatic N) is 1. The Morgan fingerprint density at radius 3 is 1.98 bits per heavy atom. The zero-order valence-corrected chi connectivity index (χ0v) is 25.7. The van der Waals surface area contributed by atoms with Crippen LogP contribution in [0.2, 0.25) is 0 Å². The maximum atomic E-state index is 6.82. The lowest BCUT2D eigenvalue weighted by molar-refractivity contribution is 0.672. The standard InChI is InChI=1S/C35H21NOS4/c1-16-4-8-19(9-5-16)36-24-12-17(2)6-10-20(24)30-28(36)29-31(40-30)22-15-27-23(14-25(22)37-29)33-35(39-27)34-32(41-33)21-11-7-18(3)13-26(21)38-34/h4-15H,1-3H3. The summed E-state index contributed by atoms with van der Waals surface area (Å²) in [7, 11) is 0. The minimum atomic E-state index is 0.981. The minimum absolute atomic E-state index is 0.981. The molecule has 10 aromatic rings. The molecule has 0 spiro atoms. The number of rotatable bonds is 1. The van der Waals surface area contributed by atoms with Gasteiger partial charge in [0.15, 0.2) is 5.58 Å². The molecular formula is C35H21NOS4. The van der Waals surface area contributed by atoms with Gasteiger partial charge in [-0.3, -0.25) is 0 Å². The van der Waals surface area contributed by atoms with Crippen LogP contribution in [0.15, 0.2) is 77.2 Å². The van der Waals surface area contributed by atoms with E-state index in [0.29, 0.717) is 0 Å². The summed E-state index contributed by atoms with van der Waals surface area (Å²) in [6, 6.07) is 27.2. The van der Waals surface area contributed by atoms with Crippen LogP contribution in [0, 0.1) is 20.8 Å². The van der Waals surface area contributed by atoms with Gasteiger partial charge in [-0.2, -0.15) is 0 Å². The third-order valence-corrected chi connectivity index (χ3v) is 13.6. The molecule has 2 nitrogen and oxygen atoms in total. The number of aryl methyl sites for hydroxylation is 3. The SMILES string of the molecule is Cc1ccc(-n2c3cc(C)ccc3c3sc4c5cc6sc7c(sc8c9ccc(C)cc9sc87)c6cc5oc4c32)cc1. The lowest BCUT2D eigenvalue weighted by Crippen LogP contribution is -1.93. The summed E-state index contributed by atoms with van der Waals surface area (Å²) in [4.78, 5) is 0. The van der Waals surface area contributed by atoms with Gasteiger partial charge in [0.05, 0.1) is 33.7 Å². The van der Waals surface area contributed by atoms with Gasteiger partial charge in [-0.1, -0.05) is 42.0 Å². The van der Waals surface area contributed by atoms with Crippen molar-refractivity contribution in [3.05, 3.63) is 89.5 Å². The first kappa shape index (κ1) is 22.9. The molecule has 0 fully saturated rings. The number of thiophene rings is 4. The molecule has 0 aliphatic rings. The van der Waals surface area contributed by atoms with Crippen LogP contribution in [0.5, 0.6) is 0 Å². The van der Waals surface area contributed by atoms with Crippen molar-refractivity contribution in [3.8, 4) is 5.69 Å². The molecule has 0 amide bonds. The first-order chi connectivity index (χ1) is 20.0. The van der Waals surface area contributed by atoms with Gasteiger partial charge in [0.25, 0.3) is 0 Å². The highest BCUT2D eigenvalue weighted by molar-refractivity contribution is 7.43. The van der Waals surface area contributed by atoms with E-state index in [1.165, 1.54) is 92.6 Å². The number of aromatic nitrogens is 1. The third kappa shape index (κ3) is 2.96. The smallest absolute Gasteiger partial charge is 0.170 e. The first-order valence-electron chi connectivity index (χ1n) is 13.7. The average Bonchev–Trinajstić information content (AvgIpc) is 3.77. The molecule has 6 heterocycles. The predicted molar refractivity (Wildman–Crippen MR) is 184 cm³/mol. The Morgan fingerprint density at radius 2 is 1.17 bits per heavy atom. The van der Waals surface area contributed by atoms with Crippen LogP contribution in [0.3, 0.4) is 0 Å². The van der Waals surface area contributed by atoms with Crippen LogP contribution in [0.1, 0.15) is 16.7 Å². The second-order valence-electron chi connectivity index (χ2n) is 11.2. The second-order valence-corrected chi connectivity index (χ2v) is 15.3. The fraction of sp³-hybridized carbons (Fsp3) is 0.0857. The maximum absolute atomic E-state index is 6.82. The highest BCUT2D eigenvalue weighted by Crippen LogP contribution is 2.52. The van der Waals surface area contributed by atoms with Gasteiger partial charge in [0, 0.05) is 36.6 Å². The van der Waals surface area contributed by atoms with E-state index in [2.05, 4.69) is 98.1 Å². The molecule has 10 rings (SSSR count). The Bertz CT molecular complexity index is 2720. The lowest BCUT2D eigenvalue weighted by atomic mass is 10.2. The van der Waals surface area contributed by atoms with Crippen molar-refractivity contribution in [1.82, 2.24) is 4.57 Å². The highest BCUT2D eigenvalue weighted by Gasteiger charge is 2.24. The van der Waals surface area contributed by atoms with Crippen molar-refractivity contribution in [3.63, 3.8) is 0 Å². The first-order valence-corrected chi connectivity index (χ1v) is 16.9. The van der Waals surface area contributed by atoms with Crippen LogP contribution < -0.4 is 0 Å². The van der Waals surface area contributed by atoms with E-state index in [1.807, 2.05) is 45.3 Å². The molecule has 0 atom stereocenters. The van der Waals surface area contributed by atoms with Crippen molar-refractivity contribution < 1.29 is 4.42 Å². The van der Waals surface area contributed by atoms with Gasteiger partial charge in [0.1, 0.15) is 11.1 Å². The van der Waals surface area contributed by atoms with Gasteiger partial charge in [-0.15, -0.1) is 45.3 Å². The molecule has 0 saturated heterocycles. The zero-order valence-electron chi connectivity index (χ0n) is 22.4. The van der Waals surface area contributed by atoms with Crippen molar-refractivity contribution in [2.24, 2.45) is 0 Å². The molecular weight excluding hydrogens is 579 g/mol. The fourth-order valence-corrected chi connectivity index (χ4v) is 12.1. The van der Waals surface area contributed by atoms with Crippen LogP contribution in [0.4, 0.5) is 0 Å². The second kappa shape index (κ2) is 7.78. The molecule has 0 aliphatic carbocycles. The molecule has 6 heteroatoms. The number of furan rings is 1. The monoisotopic (exact) mass is 599 g/mol. The Morgan fingerprint density at radius 1 is 0.512 bits per heavy atom. The summed E-state index contributed by atoms with van der Waals surface area (Å²) in [5, 5.41) is 5.22. The van der Waals surface area contributed by atoms with Gasteiger partial charge in [-0.25, -0.2) is 0 Å². The highest BCUT2D eigenvalue weighted by atomic mass is 32.1. The minimum Gasteiger partial charge on any atom is -0.453 e. The fourth-order valence-electron chi connectivity index (χ4n) is 6.42. The molecule has 0 N–H and O–H groups in total. The Hall–Kier alpha value is -3.68. The average molecular weight is 600 g/mol. The molecule has 196 valence electrons. The van der Waals surface area contributed by atoms with E-state index >= 15 is 0 Å². The van der Waals surface area contributed by atoms with E-state index in [4.69, 9.17) is 4.42 Å². The Kier molecular flexibility index (Phi) is 4.35. The van der Waals surface area contributed by atoms with Crippen molar-refractivity contribution in [1.29, 1.82) is 0 Å². The quantitative estimate of drug-likeness (QED) is 0.184. The molecule has 4 aromatic carbocycles. The van der Waals surface area contributed by atoms with Crippen LogP contribution in [-0.4, -0.2) is 4.57 Å². The molecule has 0 radical (unpaired) electrons. The van der Waals surface area contributed by atoms with Crippen molar-refractivity contribution in [2.45, 2.75) is 20.8 Å². The van der Waals surface area contributed by atoms with Crippen LogP contribution in [-0.2, 0) is 0 Å². The Balaban J connectivity index is 1.29. The van der Waals surface area contributed by atoms with Gasteiger partial charge < -0.3 is 8.98 Å². The van der Waals surface area contributed by atoms with Crippen molar-refractivity contribution >= 4 is 127 Å².